The van der Waals surface area contributed by atoms with E-state index in [1.165, 1.54) is 6.42 Å². The number of nitrogens with one attached hydrogen (secondary N) is 1. The van der Waals surface area contributed by atoms with Crippen LogP contribution >= 0.6 is 15.9 Å². The molecular weight excluding hydrogens is 334 g/mol. The van der Waals surface area contributed by atoms with Crippen molar-refractivity contribution in [3.05, 3.63) is 23.8 Å². The van der Waals surface area contributed by atoms with Crippen LogP contribution < -0.4 is 14.8 Å². The van der Waals surface area contributed by atoms with Gasteiger partial charge in [-0.3, -0.25) is 4.79 Å². The number of carbonyl (C=O) groups is 1. The fraction of sp³-hybridized carbons (Fsp3) is 0.562. The van der Waals surface area contributed by atoms with Gasteiger partial charge in [0.15, 0.2) is 11.5 Å². The number of alkyl halides is 1. The minimum Gasteiger partial charge on any atom is -0.493 e. The van der Waals surface area contributed by atoms with Crippen molar-refractivity contribution >= 4 is 21.8 Å². The van der Waals surface area contributed by atoms with Crippen LogP contribution in [0.5, 0.6) is 11.5 Å². The Morgan fingerprint density at radius 3 is 2.43 bits per heavy atom. The Labute approximate surface area is 134 Å². The Morgan fingerprint density at radius 1 is 1.19 bits per heavy atom. The minimum absolute atomic E-state index is 0.0581. The molecule has 0 spiro atoms. The zero-order valence-electron chi connectivity index (χ0n) is 12.6. The summed E-state index contributed by atoms with van der Waals surface area (Å²) in [5.41, 5.74) is 0.473. The molecule has 0 aromatic heterocycles. The van der Waals surface area contributed by atoms with Crippen LogP contribution in [0, 0.1) is 0 Å². The van der Waals surface area contributed by atoms with E-state index >= 15 is 0 Å². The minimum atomic E-state index is -0.123. The summed E-state index contributed by atoms with van der Waals surface area (Å²) in [6, 6.07) is 5.25. The Morgan fingerprint density at radius 2 is 1.86 bits per heavy atom. The van der Waals surface area contributed by atoms with Gasteiger partial charge in [-0.25, -0.2) is 0 Å². The van der Waals surface area contributed by atoms with Gasteiger partial charge in [-0.05, 0) is 31.0 Å². The molecule has 1 aliphatic rings. The lowest BCUT2D eigenvalue weighted by molar-refractivity contribution is 0.0886. The molecule has 1 saturated carbocycles. The maximum atomic E-state index is 12.5. The number of halogens is 1. The highest BCUT2D eigenvalue weighted by Gasteiger charge is 2.32. The normalized spacial score (nSPS) is 17.1. The monoisotopic (exact) mass is 355 g/mol. The molecule has 1 aromatic rings. The molecule has 0 heterocycles. The first-order chi connectivity index (χ1) is 10.1. The molecule has 1 aliphatic carbocycles. The van der Waals surface area contributed by atoms with E-state index in [1.807, 2.05) is 0 Å². The van der Waals surface area contributed by atoms with Gasteiger partial charge in [-0.15, -0.1) is 0 Å². The Balaban J connectivity index is 2.15. The molecule has 1 N–H and O–H groups in total. The fourth-order valence-electron chi connectivity index (χ4n) is 2.81. The van der Waals surface area contributed by atoms with Gasteiger partial charge in [0.05, 0.1) is 19.8 Å². The second kappa shape index (κ2) is 7.16. The lowest BCUT2D eigenvalue weighted by atomic mass is 9.83. The van der Waals surface area contributed by atoms with E-state index in [4.69, 9.17) is 9.47 Å². The van der Waals surface area contributed by atoms with E-state index in [9.17, 15) is 4.79 Å². The number of methoxy groups -OCH3 is 2. The average molecular weight is 356 g/mol. The summed E-state index contributed by atoms with van der Waals surface area (Å²) in [5, 5.41) is 4.00. The first kappa shape index (κ1) is 16.1. The molecule has 2 rings (SSSR count). The zero-order valence-corrected chi connectivity index (χ0v) is 14.2. The Hall–Kier alpha value is -1.23. The molecule has 1 aromatic carbocycles. The summed E-state index contributed by atoms with van der Waals surface area (Å²) >= 11 is 3.56. The largest absolute Gasteiger partial charge is 0.493 e. The van der Waals surface area contributed by atoms with Crippen LogP contribution in [0.3, 0.4) is 0 Å². The number of hydrogen-bond acceptors (Lipinski definition) is 3. The highest BCUT2D eigenvalue weighted by molar-refractivity contribution is 9.09. The molecule has 116 valence electrons. The van der Waals surface area contributed by atoms with Crippen molar-refractivity contribution in [1.82, 2.24) is 5.32 Å². The number of ether oxygens (including phenoxy) is 2. The number of rotatable bonds is 5. The number of carbonyl (C=O) groups excluding carboxylic acids is 1. The molecule has 1 amide bonds. The predicted molar refractivity (Wildman–Crippen MR) is 86.6 cm³/mol. The predicted octanol–water partition coefficient (Wildman–Crippen LogP) is 3.53. The summed E-state index contributed by atoms with van der Waals surface area (Å²) in [4.78, 5) is 12.5. The molecule has 0 unspecified atom stereocenters. The second-order valence-corrected chi connectivity index (χ2v) is 6.06. The maximum absolute atomic E-state index is 12.5. The van der Waals surface area contributed by atoms with E-state index < -0.39 is 0 Å². The topological polar surface area (TPSA) is 47.6 Å². The number of amides is 1. The third kappa shape index (κ3) is 3.70. The molecule has 5 heteroatoms. The van der Waals surface area contributed by atoms with Crippen molar-refractivity contribution in [3.8, 4) is 11.5 Å². The summed E-state index contributed by atoms with van der Waals surface area (Å²) in [6.45, 7) is 0. The van der Waals surface area contributed by atoms with Gasteiger partial charge in [0.2, 0.25) is 0 Å². The second-order valence-electron chi connectivity index (χ2n) is 5.50. The van der Waals surface area contributed by atoms with E-state index in [0.717, 1.165) is 31.0 Å². The van der Waals surface area contributed by atoms with Crippen molar-refractivity contribution in [2.24, 2.45) is 0 Å². The van der Waals surface area contributed by atoms with Gasteiger partial charge in [0.1, 0.15) is 0 Å². The Kier molecular flexibility index (Phi) is 5.51. The Bertz CT molecular complexity index is 498. The van der Waals surface area contributed by atoms with E-state index in [-0.39, 0.29) is 11.4 Å². The maximum Gasteiger partial charge on any atom is 0.251 e. The van der Waals surface area contributed by atoms with Crippen molar-refractivity contribution in [3.63, 3.8) is 0 Å². The van der Waals surface area contributed by atoms with Gasteiger partial charge < -0.3 is 14.8 Å². The van der Waals surface area contributed by atoms with Crippen LogP contribution in [0.25, 0.3) is 0 Å². The van der Waals surface area contributed by atoms with Crippen molar-refractivity contribution in [1.29, 1.82) is 0 Å². The highest BCUT2D eigenvalue weighted by Crippen LogP contribution is 2.31. The quantitative estimate of drug-likeness (QED) is 0.821. The van der Waals surface area contributed by atoms with E-state index in [2.05, 4.69) is 21.2 Å². The molecule has 0 bridgehead atoms. The first-order valence-electron chi connectivity index (χ1n) is 7.24. The van der Waals surface area contributed by atoms with Gasteiger partial charge in [0, 0.05) is 10.9 Å². The molecule has 4 nitrogen and oxygen atoms in total. The lowest BCUT2D eigenvalue weighted by Gasteiger charge is -2.36. The van der Waals surface area contributed by atoms with Gasteiger partial charge in [0.25, 0.3) is 5.91 Å². The summed E-state index contributed by atoms with van der Waals surface area (Å²) in [5.74, 6) is 1.14. The molecule has 0 saturated heterocycles. The molecule has 0 radical (unpaired) electrons. The third-order valence-electron chi connectivity index (χ3n) is 4.09. The first-order valence-corrected chi connectivity index (χ1v) is 8.37. The third-order valence-corrected chi connectivity index (χ3v) is 5.16. The summed E-state index contributed by atoms with van der Waals surface area (Å²) < 4.78 is 10.5. The summed E-state index contributed by atoms with van der Waals surface area (Å²) in [6.07, 6.45) is 5.63. The van der Waals surface area contributed by atoms with Gasteiger partial charge in [-0.2, -0.15) is 0 Å². The molecule has 1 fully saturated rings. The SMILES string of the molecule is COc1ccc(C(=O)NC2(CBr)CCCCC2)cc1OC. The highest BCUT2D eigenvalue weighted by atomic mass is 79.9. The lowest BCUT2D eigenvalue weighted by Crippen LogP contribution is -2.51. The van der Waals surface area contributed by atoms with Crippen LogP contribution in [0.15, 0.2) is 18.2 Å². The average Bonchev–Trinajstić information content (AvgIpc) is 2.54. The van der Waals surface area contributed by atoms with E-state index in [1.54, 1.807) is 32.4 Å². The van der Waals surface area contributed by atoms with Crippen LogP contribution in [-0.2, 0) is 0 Å². The smallest absolute Gasteiger partial charge is 0.251 e. The summed E-state index contributed by atoms with van der Waals surface area (Å²) in [7, 11) is 3.15. The molecule has 0 atom stereocenters. The van der Waals surface area contributed by atoms with Crippen LogP contribution in [0.4, 0.5) is 0 Å². The van der Waals surface area contributed by atoms with Crippen molar-refractivity contribution in [2.75, 3.05) is 19.5 Å². The fourth-order valence-corrected chi connectivity index (χ4v) is 3.51. The molecular formula is C16H22BrNO3. The molecule has 0 aliphatic heterocycles. The van der Waals surface area contributed by atoms with Gasteiger partial charge >= 0.3 is 0 Å². The van der Waals surface area contributed by atoms with Crippen molar-refractivity contribution < 1.29 is 14.3 Å². The van der Waals surface area contributed by atoms with Crippen LogP contribution in [0.2, 0.25) is 0 Å². The van der Waals surface area contributed by atoms with Gasteiger partial charge in [-0.1, -0.05) is 35.2 Å². The van der Waals surface area contributed by atoms with Crippen molar-refractivity contribution in [2.45, 2.75) is 37.6 Å². The molecule has 21 heavy (non-hydrogen) atoms. The van der Waals surface area contributed by atoms with Crippen LogP contribution in [-0.4, -0.2) is 31.0 Å². The standard InChI is InChI=1S/C16H22BrNO3/c1-20-13-7-6-12(10-14(13)21-2)15(19)18-16(11-17)8-4-3-5-9-16/h6-7,10H,3-5,8-9,11H2,1-2H3,(H,18,19). The van der Waals surface area contributed by atoms with E-state index in [0.29, 0.717) is 17.1 Å². The number of hydrogen-bond donors (Lipinski definition) is 1. The zero-order chi connectivity index (χ0) is 15.3. The van der Waals surface area contributed by atoms with Crippen LogP contribution in [0.1, 0.15) is 42.5 Å². The number of benzene rings is 1.